The Morgan fingerprint density at radius 3 is 2.35 bits per heavy atom. The minimum Gasteiger partial charge on any atom is -0.495 e. The molecule has 0 fully saturated rings. The number of nitrogens with one attached hydrogen (secondary N) is 1. The zero-order valence-corrected chi connectivity index (χ0v) is 15.0. The molecule has 2 aromatic rings. The van der Waals surface area contributed by atoms with Crippen LogP contribution in [0, 0.1) is 0 Å². The van der Waals surface area contributed by atoms with Gasteiger partial charge in [-0.2, -0.15) is 0 Å². The number of ether oxygens (including phenoxy) is 1. The molecule has 0 heterocycles. The Morgan fingerprint density at radius 2 is 1.74 bits per heavy atom. The van der Waals surface area contributed by atoms with E-state index in [1.54, 1.807) is 0 Å². The van der Waals surface area contributed by atoms with Crippen LogP contribution in [-0.4, -0.2) is 22.1 Å². The molecule has 0 saturated heterocycles. The zero-order valence-electron chi connectivity index (χ0n) is 12.7. The molecule has 0 aliphatic heterocycles. The highest BCUT2D eigenvalue weighted by atomic mass is 35.5. The first kappa shape index (κ1) is 18.1. The number of rotatable bonds is 6. The molecule has 23 heavy (non-hydrogen) atoms. The minimum atomic E-state index is -3.76. The predicted octanol–water partition coefficient (Wildman–Crippen LogP) is 4.08. The van der Waals surface area contributed by atoms with Gasteiger partial charge in [0, 0.05) is 6.54 Å². The third kappa shape index (κ3) is 4.18. The summed E-state index contributed by atoms with van der Waals surface area (Å²) in [5.41, 5.74) is 1.05. The topological polar surface area (TPSA) is 55.4 Å². The lowest BCUT2D eigenvalue weighted by atomic mass is 10.0. The number of benzene rings is 2. The van der Waals surface area contributed by atoms with Crippen LogP contribution in [0.1, 0.15) is 18.4 Å². The molecule has 0 amide bonds. The van der Waals surface area contributed by atoms with E-state index in [9.17, 15) is 8.42 Å². The van der Waals surface area contributed by atoms with E-state index in [4.69, 9.17) is 27.9 Å². The quantitative estimate of drug-likeness (QED) is 0.829. The van der Waals surface area contributed by atoms with E-state index in [0.717, 1.165) is 5.56 Å². The molecule has 1 atom stereocenters. The van der Waals surface area contributed by atoms with Gasteiger partial charge in [-0.25, -0.2) is 13.1 Å². The number of hydrogen-bond donors (Lipinski definition) is 1. The largest absolute Gasteiger partial charge is 0.495 e. The molecule has 0 unspecified atom stereocenters. The van der Waals surface area contributed by atoms with E-state index >= 15 is 0 Å². The van der Waals surface area contributed by atoms with Gasteiger partial charge in [-0.3, -0.25) is 0 Å². The minimum absolute atomic E-state index is 0.0264. The van der Waals surface area contributed by atoms with Crippen LogP contribution >= 0.6 is 23.2 Å². The van der Waals surface area contributed by atoms with Crippen LogP contribution < -0.4 is 9.46 Å². The second kappa shape index (κ2) is 7.53. The number of sulfonamides is 1. The fourth-order valence-electron chi connectivity index (χ4n) is 2.09. The summed E-state index contributed by atoms with van der Waals surface area (Å²) >= 11 is 12.1. The van der Waals surface area contributed by atoms with Gasteiger partial charge in [-0.05, 0) is 23.6 Å². The lowest BCUT2D eigenvalue weighted by Gasteiger charge is -2.15. The van der Waals surface area contributed by atoms with E-state index in [1.807, 2.05) is 37.3 Å². The maximum absolute atomic E-state index is 12.4. The molecular weight excluding hydrogens is 357 g/mol. The second-order valence-corrected chi connectivity index (χ2v) is 7.55. The van der Waals surface area contributed by atoms with Crippen molar-refractivity contribution in [3.05, 3.63) is 58.1 Å². The van der Waals surface area contributed by atoms with E-state index < -0.39 is 10.0 Å². The second-order valence-electron chi connectivity index (χ2n) is 5.06. The third-order valence-corrected chi connectivity index (χ3v) is 5.91. The van der Waals surface area contributed by atoms with E-state index in [2.05, 4.69) is 4.72 Å². The zero-order chi connectivity index (χ0) is 17.0. The number of halogens is 2. The number of methoxy groups -OCH3 is 1. The summed E-state index contributed by atoms with van der Waals surface area (Å²) in [4.78, 5) is -0.0646. The molecule has 0 bridgehead atoms. The average Bonchev–Trinajstić information content (AvgIpc) is 2.55. The van der Waals surface area contributed by atoms with Gasteiger partial charge in [-0.15, -0.1) is 0 Å². The average molecular weight is 374 g/mol. The maximum atomic E-state index is 12.4. The monoisotopic (exact) mass is 373 g/mol. The summed E-state index contributed by atoms with van der Waals surface area (Å²) in [6.45, 7) is 2.20. The van der Waals surface area contributed by atoms with Gasteiger partial charge in [0.25, 0.3) is 0 Å². The first-order valence-electron chi connectivity index (χ1n) is 6.93. The lowest BCUT2D eigenvalue weighted by molar-refractivity contribution is 0.414. The van der Waals surface area contributed by atoms with Gasteiger partial charge in [0.05, 0.1) is 12.1 Å². The molecule has 2 rings (SSSR count). The van der Waals surface area contributed by atoms with Gasteiger partial charge >= 0.3 is 0 Å². The third-order valence-electron chi connectivity index (χ3n) is 3.47. The van der Waals surface area contributed by atoms with Crippen LogP contribution in [0.4, 0.5) is 0 Å². The summed E-state index contributed by atoms with van der Waals surface area (Å²) in [6, 6.07) is 12.5. The molecular formula is C16H17Cl2NO3S. The highest BCUT2D eigenvalue weighted by Crippen LogP contribution is 2.36. The van der Waals surface area contributed by atoms with Crippen molar-refractivity contribution in [1.82, 2.24) is 4.72 Å². The SMILES string of the molecule is COc1ccc(S(=O)(=O)NC[C@H](C)c2ccccc2)c(Cl)c1Cl. The molecule has 0 saturated carbocycles. The molecule has 0 aliphatic rings. The molecule has 2 aromatic carbocycles. The van der Waals surface area contributed by atoms with Crippen molar-refractivity contribution in [3.8, 4) is 5.75 Å². The normalized spacial score (nSPS) is 12.9. The van der Waals surface area contributed by atoms with Crippen molar-refractivity contribution in [2.24, 2.45) is 0 Å². The summed E-state index contributed by atoms with van der Waals surface area (Å²) in [6.07, 6.45) is 0. The van der Waals surface area contributed by atoms with Gasteiger partial charge < -0.3 is 4.74 Å². The van der Waals surface area contributed by atoms with Crippen molar-refractivity contribution in [3.63, 3.8) is 0 Å². The standard InChI is InChI=1S/C16H17Cl2NO3S/c1-11(12-6-4-3-5-7-12)10-19-23(20,21)14-9-8-13(22-2)15(17)16(14)18/h3-9,11,19H,10H2,1-2H3/t11-/m0/s1. The molecule has 4 nitrogen and oxygen atoms in total. The van der Waals surface area contributed by atoms with Crippen LogP contribution in [-0.2, 0) is 10.0 Å². The highest BCUT2D eigenvalue weighted by molar-refractivity contribution is 7.89. The summed E-state index contributed by atoms with van der Waals surface area (Å²) < 4.78 is 32.5. The Morgan fingerprint density at radius 1 is 1.09 bits per heavy atom. The Bertz CT molecular complexity index is 779. The molecule has 0 aromatic heterocycles. The fourth-order valence-corrected chi connectivity index (χ4v) is 4.06. The Hall–Kier alpha value is -1.27. The molecule has 1 N–H and O–H groups in total. The van der Waals surface area contributed by atoms with E-state index in [-0.39, 0.29) is 27.4 Å². The Balaban J connectivity index is 2.18. The van der Waals surface area contributed by atoms with Crippen LogP contribution in [0.2, 0.25) is 10.0 Å². The first-order chi connectivity index (χ1) is 10.9. The van der Waals surface area contributed by atoms with Crippen molar-refractivity contribution in [1.29, 1.82) is 0 Å². The smallest absolute Gasteiger partial charge is 0.242 e. The number of hydrogen-bond acceptors (Lipinski definition) is 3. The summed E-state index contributed by atoms with van der Waals surface area (Å²) in [7, 11) is -2.33. The summed E-state index contributed by atoms with van der Waals surface area (Å²) in [5.74, 6) is 0.353. The maximum Gasteiger partial charge on any atom is 0.242 e. The van der Waals surface area contributed by atoms with E-state index in [0.29, 0.717) is 5.75 Å². The van der Waals surface area contributed by atoms with E-state index in [1.165, 1.54) is 19.2 Å². The highest BCUT2D eigenvalue weighted by Gasteiger charge is 2.22. The van der Waals surface area contributed by atoms with Gasteiger partial charge in [0.1, 0.15) is 15.7 Å². The van der Waals surface area contributed by atoms with Gasteiger partial charge in [0.15, 0.2) is 0 Å². The molecule has 0 aliphatic carbocycles. The Labute approximate surface area is 146 Å². The molecule has 0 spiro atoms. The Kier molecular flexibility index (Phi) is 5.92. The molecule has 0 radical (unpaired) electrons. The summed E-state index contributed by atoms with van der Waals surface area (Å²) in [5, 5.41) is 0.0269. The van der Waals surface area contributed by atoms with Crippen molar-refractivity contribution < 1.29 is 13.2 Å². The molecule has 124 valence electrons. The molecule has 7 heteroatoms. The van der Waals surface area contributed by atoms with Crippen molar-refractivity contribution in [2.45, 2.75) is 17.7 Å². The van der Waals surface area contributed by atoms with Crippen molar-refractivity contribution >= 4 is 33.2 Å². The van der Waals surface area contributed by atoms with Crippen LogP contribution in [0.5, 0.6) is 5.75 Å². The predicted molar refractivity (Wildman–Crippen MR) is 93.1 cm³/mol. The van der Waals surface area contributed by atoms with Crippen LogP contribution in [0.15, 0.2) is 47.4 Å². The lowest BCUT2D eigenvalue weighted by Crippen LogP contribution is -2.28. The fraction of sp³-hybridized carbons (Fsp3) is 0.250. The van der Waals surface area contributed by atoms with Gasteiger partial charge in [0.2, 0.25) is 10.0 Å². The van der Waals surface area contributed by atoms with Gasteiger partial charge in [-0.1, -0.05) is 60.5 Å². The van der Waals surface area contributed by atoms with Crippen molar-refractivity contribution in [2.75, 3.05) is 13.7 Å². The van der Waals surface area contributed by atoms with Crippen LogP contribution in [0.25, 0.3) is 0 Å². The first-order valence-corrected chi connectivity index (χ1v) is 9.17. The van der Waals surface area contributed by atoms with Crippen LogP contribution in [0.3, 0.4) is 0 Å².